The summed E-state index contributed by atoms with van der Waals surface area (Å²) in [6.45, 7) is 2.09. The smallest absolute Gasteiger partial charge is 0.325 e. The van der Waals surface area contributed by atoms with Crippen molar-refractivity contribution in [2.24, 2.45) is 11.8 Å². The zero-order chi connectivity index (χ0) is 23.7. The summed E-state index contributed by atoms with van der Waals surface area (Å²) in [5.41, 5.74) is -0.280. The van der Waals surface area contributed by atoms with Crippen molar-refractivity contribution in [2.45, 2.75) is 69.4 Å². The minimum absolute atomic E-state index is 0.100. The highest BCUT2D eigenvalue weighted by molar-refractivity contribution is 6.07. The summed E-state index contributed by atoms with van der Waals surface area (Å²) in [5, 5.41) is 3.07. The Bertz CT molecular complexity index is 918. The average molecular weight is 472 g/mol. The fraction of sp³-hybridized carbons (Fsp3) is 0.654. The lowest BCUT2D eigenvalue weighted by Gasteiger charge is -2.42. The van der Waals surface area contributed by atoms with E-state index in [9.17, 15) is 18.8 Å². The van der Waals surface area contributed by atoms with Crippen LogP contribution in [0.2, 0.25) is 0 Å². The predicted octanol–water partition coefficient (Wildman–Crippen LogP) is 3.27. The molecule has 3 saturated heterocycles. The van der Waals surface area contributed by atoms with E-state index >= 15 is 0 Å². The Morgan fingerprint density at radius 2 is 1.74 bits per heavy atom. The van der Waals surface area contributed by atoms with Crippen LogP contribution in [-0.4, -0.2) is 65.5 Å². The second-order valence-corrected chi connectivity index (χ2v) is 10.3. The van der Waals surface area contributed by atoms with Crippen molar-refractivity contribution in [3.63, 3.8) is 0 Å². The summed E-state index contributed by atoms with van der Waals surface area (Å²) in [6, 6.07) is 5.51. The highest BCUT2D eigenvalue weighted by atomic mass is 19.1. The number of benzene rings is 1. The topological polar surface area (TPSA) is 79.0 Å². The number of halogens is 1. The molecule has 0 radical (unpaired) electrons. The number of urea groups is 1. The number of hydrogen-bond donors (Lipinski definition) is 1. The molecule has 0 aromatic heterocycles. The van der Waals surface area contributed by atoms with E-state index in [2.05, 4.69) is 5.32 Å². The molecule has 4 aliphatic rings. The minimum atomic E-state index is -1.09. The van der Waals surface area contributed by atoms with E-state index in [-0.39, 0.29) is 41.5 Å². The van der Waals surface area contributed by atoms with Crippen LogP contribution in [0.1, 0.15) is 56.9 Å². The SMILES string of the molecule is O=C(C1CCCCC1)N1CCC(C2(Cc3ccc(F)cc3)NC(=O)N(C3CCOC3)C2=O)CC1. The van der Waals surface area contributed by atoms with Gasteiger partial charge in [-0.2, -0.15) is 0 Å². The van der Waals surface area contributed by atoms with Gasteiger partial charge in [-0.3, -0.25) is 14.5 Å². The van der Waals surface area contributed by atoms with Crippen LogP contribution in [0, 0.1) is 17.7 Å². The van der Waals surface area contributed by atoms with E-state index < -0.39 is 5.54 Å². The first-order valence-electron chi connectivity index (χ1n) is 12.7. The predicted molar refractivity (Wildman–Crippen MR) is 123 cm³/mol. The number of likely N-dealkylation sites (tertiary alicyclic amines) is 1. The van der Waals surface area contributed by atoms with Crippen molar-refractivity contribution in [1.29, 1.82) is 0 Å². The molecule has 1 aromatic carbocycles. The summed E-state index contributed by atoms with van der Waals surface area (Å²) in [6.07, 6.45) is 7.65. The Labute approximate surface area is 200 Å². The first-order chi connectivity index (χ1) is 16.5. The molecule has 2 atom stereocenters. The van der Waals surface area contributed by atoms with Crippen molar-refractivity contribution in [2.75, 3.05) is 26.3 Å². The molecule has 1 N–H and O–H groups in total. The number of nitrogens with one attached hydrogen (secondary N) is 1. The van der Waals surface area contributed by atoms with Gasteiger partial charge in [-0.1, -0.05) is 31.4 Å². The molecule has 3 heterocycles. The number of rotatable bonds is 5. The van der Waals surface area contributed by atoms with Gasteiger partial charge in [0, 0.05) is 32.0 Å². The molecule has 34 heavy (non-hydrogen) atoms. The monoisotopic (exact) mass is 471 g/mol. The Balaban J connectivity index is 1.36. The zero-order valence-corrected chi connectivity index (χ0v) is 19.6. The maximum atomic E-state index is 13.9. The van der Waals surface area contributed by atoms with Crippen molar-refractivity contribution in [3.8, 4) is 0 Å². The average Bonchev–Trinajstić information content (AvgIpc) is 3.47. The maximum Gasteiger partial charge on any atom is 0.325 e. The normalized spacial score (nSPS) is 29.0. The van der Waals surface area contributed by atoms with Crippen LogP contribution in [0.25, 0.3) is 0 Å². The molecule has 184 valence electrons. The molecule has 4 fully saturated rings. The van der Waals surface area contributed by atoms with Gasteiger partial charge in [0.05, 0.1) is 12.6 Å². The molecule has 5 rings (SSSR count). The lowest BCUT2D eigenvalue weighted by atomic mass is 9.73. The number of imide groups is 1. The standard InChI is InChI=1S/C26H34FN3O4/c27-21-8-6-18(7-9-21)16-26(24(32)30(25(33)28-26)22-12-15-34-17-22)20-10-13-29(14-11-20)23(31)19-4-2-1-3-5-19/h6-9,19-20,22H,1-5,10-17H2,(H,28,33). The lowest BCUT2D eigenvalue weighted by molar-refractivity contribution is -0.140. The van der Waals surface area contributed by atoms with E-state index in [1.54, 1.807) is 12.1 Å². The molecule has 2 unspecified atom stereocenters. The summed E-state index contributed by atoms with van der Waals surface area (Å²) >= 11 is 0. The molecule has 0 bridgehead atoms. The van der Waals surface area contributed by atoms with Gasteiger partial charge in [0.15, 0.2) is 0 Å². The number of piperidine rings is 1. The molecule has 7 nitrogen and oxygen atoms in total. The van der Waals surface area contributed by atoms with Crippen LogP contribution in [0.4, 0.5) is 9.18 Å². The van der Waals surface area contributed by atoms with Gasteiger partial charge >= 0.3 is 6.03 Å². The molecule has 1 aromatic rings. The summed E-state index contributed by atoms with van der Waals surface area (Å²) in [7, 11) is 0. The quantitative estimate of drug-likeness (QED) is 0.669. The molecule has 1 aliphatic carbocycles. The highest BCUT2D eigenvalue weighted by Gasteiger charge is 2.57. The minimum Gasteiger partial charge on any atom is -0.379 e. The second kappa shape index (κ2) is 9.64. The van der Waals surface area contributed by atoms with Crippen LogP contribution in [0.3, 0.4) is 0 Å². The third-order valence-corrected chi connectivity index (χ3v) is 8.27. The number of carbonyl (C=O) groups excluding carboxylic acids is 3. The molecular weight excluding hydrogens is 437 g/mol. The van der Waals surface area contributed by atoms with E-state index in [1.807, 2.05) is 4.90 Å². The van der Waals surface area contributed by atoms with Gasteiger partial charge in [-0.25, -0.2) is 9.18 Å². The van der Waals surface area contributed by atoms with Gasteiger partial charge in [0.2, 0.25) is 5.91 Å². The van der Waals surface area contributed by atoms with Crippen molar-refractivity contribution < 1.29 is 23.5 Å². The number of hydrogen-bond acceptors (Lipinski definition) is 4. The molecule has 3 aliphatic heterocycles. The number of carbonyl (C=O) groups is 3. The van der Waals surface area contributed by atoms with Crippen molar-refractivity contribution in [3.05, 3.63) is 35.6 Å². The second-order valence-electron chi connectivity index (χ2n) is 10.3. The third-order valence-electron chi connectivity index (χ3n) is 8.27. The van der Waals surface area contributed by atoms with Crippen LogP contribution in [0.15, 0.2) is 24.3 Å². The Kier molecular flexibility index (Phi) is 6.60. The first-order valence-corrected chi connectivity index (χ1v) is 12.7. The number of ether oxygens (including phenoxy) is 1. The van der Waals surface area contributed by atoms with E-state index in [4.69, 9.17) is 4.74 Å². The molecule has 0 spiro atoms. The van der Waals surface area contributed by atoms with E-state index in [0.717, 1.165) is 31.2 Å². The highest BCUT2D eigenvalue weighted by Crippen LogP contribution is 2.38. The Hall–Kier alpha value is -2.48. The molecule has 8 heteroatoms. The van der Waals surface area contributed by atoms with Crippen molar-refractivity contribution >= 4 is 17.8 Å². The third kappa shape index (κ3) is 4.32. The van der Waals surface area contributed by atoms with Gasteiger partial charge in [0.1, 0.15) is 11.4 Å². The van der Waals surface area contributed by atoms with Crippen LogP contribution in [-0.2, 0) is 20.7 Å². The van der Waals surface area contributed by atoms with Gasteiger partial charge in [0.25, 0.3) is 5.91 Å². The van der Waals surface area contributed by atoms with Crippen LogP contribution in [0.5, 0.6) is 0 Å². The van der Waals surface area contributed by atoms with Gasteiger partial charge in [-0.15, -0.1) is 0 Å². The van der Waals surface area contributed by atoms with Gasteiger partial charge in [-0.05, 0) is 55.7 Å². The van der Waals surface area contributed by atoms with Crippen molar-refractivity contribution in [1.82, 2.24) is 15.1 Å². The lowest BCUT2D eigenvalue weighted by Crippen LogP contribution is -2.58. The molecular formula is C26H34FN3O4. The fourth-order valence-corrected chi connectivity index (χ4v) is 6.33. The summed E-state index contributed by atoms with van der Waals surface area (Å²) < 4.78 is 19.0. The van der Waals surface area contributed by atoms with Crippen LogP contribution >= 0.6 is 0 Å². The van der Waals surface area contributed by atoms with Gasteiger partial charge < -0.3 is 15.0 Å². The summed E-state index contributed by atoms with van der Waals surface area (Å²) in [5.74, 6) is -0.272. The van der Waals surface area contributed by atoms with E-state index in [1.165, 1.54) is 23.5 Å². The van der Waals surface area contributed by atoms with E-state index in [0.29, 0.717) is 52.0 Å². The largest absolute Gasteiger partial charge is 0.379 e. The Morgan fingerprint density at radius 1 is 1.03 bits per heavy atom. The Morgan fingerprint density at radius 3 is 2.38 bits per heavy atom. The first kappa shape index (κ1) is 23.3. The number of nitrogens with zero attached hydrogens (tertiary/aromatic N) is 2. The number of amides is 4. The zero-order valence-electron chi connectivity index (χ0n) is 19.6. The fourth-order valence-electron chi connectivity index (χ4n) is 6.33. The summed E-state index contributed by atoms with van der Waals surface area (Å²) in [4.78, 5) is 43.3. The van der Waals surface area contributed by atoms with Crippen LogP contribution < -0.4 is 5.32 Å². The maximum absolute atomic E-state index is 13.9. The molecule has 1 saturated carbocycles. The molecule has 4 amide bonds.